The molecular weight excluding hydrogens is 226 g/mol. The third-order valence-corrected chi connectivity index (χ3v) is 5.32. The minimum atomic E-state index is 0.535. The Morgan fingerprint density at radius 3 is 2.53 bits per heavy atom. The van der Waals surface area contributed by atoms with Crippen molar-refractivity contribution in [1.82, 2.24) is 0 Å². The molecule has 1 aliphatic carbocycles. The number of nitrogens with one attached hydrogen (secondary N) is 1. The predicted octanol–water partition coefficient (Wildman–Crippen LogP) is 5.16. The van der Waals surface area contributed by atoms with E-state index in [4.69, 9.17) is 0 Å². The molecule has 1 fully saturated rings. The minimum absolute atomic E-state index is 0.535. The van der Waals surface area contributed by atoms with Crippen molar-refractivity contribution in [3.63, 3.8) is 0 Å². The summed E-state index contributed by atoms with van der Waals surface area (Å²) >= 11 is 1.77. The summed E-state index contributed by atoms with van der Waals surface area (Å²) in [6, 6.07) is 2.89. The summed E-state index contributed by atoms with van der Waals surface area (Å²) in [6.07, 6.45) is 6.76. The van der Waals surface area contributed by atoms with Crippen molar-refractivity contribution < 1.29 is 0 Å². The molecule has 1 saturated carbocycles. The molecule has 0 atom stereocenters. The third-order valence-electron chi connectivity index (χ3n) is 4.64. The van der Waals surface area contributed by atoms with Crippen molar-refractivity contribution in [2.24, 2.45) is 11.3 Å². The van der Waals surface area contributed by atoms with E-state index >= 15 is 0 Å². The first-order valence-electron chi connectivity index (χ1n) is 6.90. The molecule has 0 radical (unpaired) electrons. The maximum atomic E-state index is 3.66. The average Bonchev–Trinajstić information content (AvgIpc) is 2.83. The quantitative estimate of drug-likeness (QED) is 0.780. The summed E-state index contributed by atoms with van der Waals surface area (Å²) in [5, 5.41) is 8.02. The minimum Gasteiger partial charge on any atom is -0.382 e. The second kappa shape index (κ2) is 5.43. The van der Waals surface area contributed by atoms with Crippen LogP contribution in [0, 0.1) is 11.3 Å². The van der Waals surface area contributed by atoms with E-state index in [2.05, 4.69) is 42.9 Å². The van der Waals surface area contributed by atoms with Crippen LogP contribution in [0.3, 0.4) is 0 Å². The Labute approximate surface area is 110 Å². The maximum absolute atomic E-state index is 3.66. The first-order chi connectivity index (χ1) is 8.12. The van der Waals surface area contributed by atoms with Gasteiger partial charge in [0.25, 0.3) is 0 Å². The van der Waals surface area contributed by atoms with Crippen LogP contribution >= 0.6 is 11.3 Å². The molecule has 2 heteroatoms. The van der Waals surface area contributed by atoms with Gasteiger partial charge in [0.2, 0.25) is 0 Å². The zero-order chi connectivity index (χ0) is 12.3. The van der Waals surface area contributed by atoms with Gasteiger partial charge in [-0.25, -0.2) is 0 Å². The van der Waals surface area contributed by atoms with Crippen LogP contribution in [0.2, 0.25) is 0 Å². The SMILES string of the molecule is CCC(C)(C)C1CCC(Nc2ccsc2)CC1. The normalized spacial score (nSPS) is 25.8. The van der Waals surface area contributed by atoms with Gasteiger partial charge in [0.15, 0.2) is 0 Å². The van der Waals surface area contributed by atoms with E-state index in [1.165, 1.54) is 37.8 Å². The number of hydrogen-bond acceptors (Lipinski definition) is 2. The van der Waals surface area contributed by atoms with Crippen molar-refractivity contribution in [3.8, 4) is 0 Å². The molecule has 1 aliphatic rings. The number of rotatable bonds is 4. The zero-order valence-electron chi connectivity index (χ0n) is 11.3. The van der Waals surface area contributed by atoms with Crippen LogP contribution in [0.25, 0.3) is 0 Å². The van der Waals surface area contributed by atoms with E-state index in [1.807, 2.05) is 0 Å². The van der Waals surface area contributed by atoms with E-state index < -0.39 is 0 Å². The molecule has 1 N–H and O–H groups in total. The molecule has 1 aromatic heterocycles. The lowest BCUT2D eigenvalue weighted by atomic mass is 9.69. The average molecular weight is 251 g/mol. The fraction of sp³-hybridized carbons (Fsp3) is 0.733. The Kier molecular flexibility index (Phi) is 4.13. The van der Waals surface area contributed by atoms with Crippen LogP contribution in [0.4, 0.5) is 5.69 Å². The topological polar surface area (TPSA) is 12.0 Å². The smallest absolute Gasteiger partial charge is 0.0450 e. The summed E-state index contributed by atoms with van der Waals surface area (Å²) in [7, 11) is 0. The lowest BCUT2D eigenvalue weighted by molar-refractivity contribution is 0.147. The predicted molar refractivity (Wildman–Crippen MR) is 77.8 cm³/mol. The molecule has 1 heterocycles. The first-order valence-corrected chi connectivity index (χ1v) is 7.85. The van der Waals surface area contributed by atoms with Crippen LogP contribution in [0.1, 0.15) is 52.9 Å². The van der Waals surface area contributed by atoms with E-state index in [1.54, 1.807) is 11.3 Å². The van der Waals surface area contributed by atoms with E-state index in [0.717, 1.165) is 5.92 Å². The van der Waals surface area contributed by atoms with E-state index in [0.29, 0.717) is 11.5 Å². The molecule has 2 rings (SSSR count). The van der Waals surface area contributed by atoms with Gasteiger partial charge in [-0.05, 0) is 48.5 Å². The standard InChI is InChI=1S/C15H25NS/c1-4-15(2,3)12-5-7-13(8-6-12)16-14-9-10-17-11-14/h9-13,16H,4-8H2,1-3H3. The number of anilines is 1. The van der Waals surface area contributed by atoms with Crippen LogP contribution in [-0.4, -0.2) is 6.04 Å². The highest BCUT2D eigenvalue weighted by Gasteiger charge is 2.31. The molecule has 0 aliphatic heterocycles. The van der Waals surface area contributed by atoms with Gasteiger partial charge in [-0.1, -0.05) is 27.2 Å². The highest BCUT2D eigenvalue weighted by Crippen LogP contribution is 2.40. The van der Waals surface area contributed by atoms with E-state index in [9.17, 15) is 0 Å². The zero-order valence-corrected chi connectivity index (χ0v) is 12.1. The van der Waals surface area contributed by atoms with Gasteiger partial charge in [-0.3, -0.25) is 0 Å². The lowest BCUT2D eigenvalue weighted by Crippen LogP contribution is -2.32. The van der Waals surface area contributed by atoms with Gasteiger partial charge < -0.3 is 5.32 Å². The molecule has 1 nitrogen and oxygen atoms in total. The summed E-state index contributed by atoms with van der Waals surface area (Å²) in [5.74, 6) is 0.924. The Hall–Kier alpha value is -0.500. The molecule has 96 valence electrons. The highest BCUT2D eigenvalue weighted by molar-refractivity contribution is 7.08. The fourth-order valence-corrected chi connectivity index (χ4v) is 3.49. The maximum Gasteiger partial charge on any atom is 0.0450 e. The molecule has 0 unspecified atom stereocenters. The molecule has 0 aromatic carbocycles. The summed E-state index contributed by atoms with van der Waals surface area (Å²) < 4.78 is 0. The van der Waals surface area contributed by atoms with Gasteiger partial charge >= 0.3 is 0 Å². The molecule has 0 saturated heterocycles. The monoisotopic (exact) mass is 251 g/mol. The highest BCUT2D eigenvalue weighted by atomic mass is 32.1. The van der Waals surface area contributed by atoms with Gasteiger partial charge in [-0.2, -0.15) is 11.3 Å². The molecular formula is C15H25NS. The summed E-state index contributed by atoms with van der Waals surface area (Å²) in [4.78, 5) is 0. The van der Waals surface area contributed by atoms with Crippen LogP contribution < -0.4 is 5.32 Å². The second-order valence-electron chi connectivity index (χ2n) is 6.05. The van der Waals surface area contributed by atoms with Crippen LogP contribution in [-0.2, 0) is 0 Å². The first kappa shape index (κ1) is 12.9. The molecule has 0 amide bonds. The van der Waals surface area contributed by atoms with Gasteiger partial charge in [0, 0.05) is 17.1 Å². The van der Waals surface area contributed by atoms with Gasteiger partial charge in [0.1, 0.15) is 0 Å². The van der Waals surface area contributed by atoms with Crippen molar-refractivity contribution in [3.05, 3.63) is 16.8 Å². The Balaban J connectivity index is 1.82. The number of hydrogen-bond donors (Lipinski definition) is 1. The van der Waals surface area contributed by atoms with Gasteiger partial charge in [0.05, 0.1) is 0 Å². The summed E-state index contributed by atoms with van der Waals surface area (Å²) in [6.45, 7) is 7.20. The molecule has 0 bridgehead atoms. The van der Waals surface area contributed by atoms with Crippen molar-refractivity contribution in [2.45, 2.75) is 58.9 Å². The Bertz CT molecular complexity index is 321. The molecule has 17 heavy (non-hydrogen) atoms. The van der Waals surface area contributed by atoms with Crippen molar-refractivity contribution >= 4 is 17.0 Å². The van der Waals surface area contributed by atoms with Crippen molar-refractivity contribution in [2.75, 3.05) is 5.32 Å². The Morgan fingerprint density at radius 2 is 2.00 bits per heavy atom. The summed E-state index contributed by atoms with van der Waals surface area (Å²) in [5.41, 5.74) is 1.85. The van der Waals surface area contributed by atoms with Gasteiger partial charge in [-0.15, -0.1) is 0 Å². The molecule has 1 aromatic rings. The van der Waals surface area contributed by atoms with Crippen LogP contribution in [0.15, 0.2) is 16.8 Å². The Morgan fingerprint density at radius 1 is 1.29 bits per heavy atom. The third kappa shape index (κ3) is 3.25. The molecule has 0 spiro atoms. The lowest BCUT2D eigenvalue weighted by Gasteiger charge is -2.39. The number of thiophene rings is 1. The largest absolute Gasteiger partial charge is 0.382 e. The van der Waals surface area contributed by atoms with Crippen molar-refractivity contribution in [1.29, 1.82) is 0 Å². The fourth-order valence-electron chi connectivity index (χ4n) is 2.89. The second-order valence-corrected chi connectivity index (χ2v) is 6.83. The van der Waals surface area contributed by atoms with Crippen LogP contribution in [0.5, 0.6) is 0 Å². The van der Waals surface area contributed by atoms with E-state index in [-0.39, 0.29) is 0 Å².